The van der Waals surface area contributed by atoms with Gasteiger partial charge in [0.1, 0.15) is 6.10 Å². The normalized spacial score (nSPS) is 18.8. The molecule has 1 aliphatic rings. The number of carboxylic acid groups (broad SMARTS) is 1. The van der Waals surface area contributed by atoms with Gasteiger partial charge in [-0.1, -0.05) is 122 Å². The van der Waals surface area contributed by atoms with Gasteiger partial charge in [0.15, 0.2) is 0 Å². The molecule has 3 atom stereocenters. The zero-order chi connectivity index (χ0) is 24.2. The van der Waals surface area contributed by atoms with Gasteiger partial charge in [-0.15, -0.1) is 0 Å². The van der Waals surface area contributed by atoms with E-state index in [9.17, 15) is 14.7 Å². The Balaban J connectivity index is 2.06. The summed E-state index contributed by atoms with van der Waals surface area (Å²) < 4.78 is 5.79. The number of carbonyl (C=O) groups is 2. The molecule has 4 nitrogen and oxygen atoms in total. The van der Waals surface area contributed by atoms with Gasteiger partial charge in [-0.3, -0.25) is 9.59 Å². The van der Waals surface area contributed by atoms with Crippen molar-refractivity contribution >= 4 is 11.9 Å². The van der Waals surface area contributed by atoms with E-state index in [0.29, 0.717) is 12.8 Å². The zero-order valence-corrected chi connectivity index (χ0v) is 21.7. The van der Waals surface area contributed by atoms with Crippen molar-refractivity contribution in [1.82, 2.24) is 0 Å². The minimum Gasteiger partial charge on any atom is -0.481 e. The van der Waals surface area contributed by atoms with Crippen LogP contribution in [0.1, 0.15) is 142 Å². The highest BCUT2D eigenvalue weighted by Crippen LogP contribution is 2.28. The van der Waals surface area contributed by atoms with Crippen LogP contribution in [0.4, 0.5) is 0 Å². The van der Waals surface area contributed by atoms with Crippen molar-refractivity contribution in [2.45, 2.75) is 148 Å². The average molecular weight is 465 g/mol. The number of aliphatic carboxylic acids is 1. The number of hydrogen-bond acceptors (Lipinski definition) is 3. The maximum atomic E-state index is 12.6. The van der Waals surface area contributed by atoms with Crippen molar-refractivity contribution in [3.8, 4) is 0 Å². The molecule has 0 radical (unpaired) electrons. The Morgan fingerprint density at radius 2 is 1.15 bits per heavy atom. The lowest BCUT2D eigenvalue weighted by molar-refractivity contribution is -0.162. The van der Waals surface area contributed by atoms with E-state index >= 15 is 0 Å². The fraction of sp³-hybridized carbons (Fsp3) is 0.862. The third kappa shape index (κ3) is 14.5. The van der Waals surface area contributed by atoms with Crippen LogP contribution in [-0.2, 0) is 14.3 Å². The first kappa shape index (κ1) is 29.7. The molecule has 0 saturated carbocycles. The quantitative estimate of drug-likeness (QED) is 0.105. The van der Waals surface area contributed by atoms with Crippen LogP contribution in [0, 0.1) is 11.8 Å². The van der Waals surface area contributed by atoms with Crippen molar-refractivity contribution < 1.29 is 19.4 Å². The molecule has 0 aromatic heterocycles. The Kier molecular flexibility index (Phi) is 18.1. The van der Waals surface area contributed by atoms with E-state index in [1.807, 2.05) is 12.2 Å². The van der Waals surface area contributed by atoms with E-state index in [1.165, 1.54) is 89.9 Å². The smallest absolute Gasteiger partial charge is 0.310 e. The van der Waals surface area contributed by atoms with E-state index < -0.39 is 17.8 Å². The van der Waals surface area contributed by atoms with E-state index in [2.05, 4.69) is 13.8 Å². The number of carboxylic acids is 1. The predicted molar refractivity (Wildman–Crippen MR) is 137 cm³/mol. The summed E-state index contributed by atoms with van der Waals surface area (Å²) in [6.45, 7) is 4.38. The second kappa shape index (κ2) is 20.1. The summed E-state index contributed by atoms with van der Waals surface area (Å²) >= 11 is 0. The van der Waals surface area contributed by atoms with Gasteiger partial charge in [-0.05, 0) is 32.1 Å². The number of hydrogen-bond donors (Lipinski definition) is 1. The monoisotopic (exact) mass is 464 g/mol. The van der Waals surface area contributed by atoms with Crippen molar-refractivity contribution in [2.24, 2.45) is 11.8 Å². The summed E-state index contributed by atoms with van der Waals surface area (Å²) in [5.74, 6) is -2.38. The van der Waals surface area contributed by atoms with Gasteiger partial charge >= 0.3 is 11.9 Å². The van der Waals surface area contributed by atoms with Crippen molar-refractivity contribution in [1.29, 1.82) is 0 Å². The Hall–Kier alpha value is -1.32. The highest BCUT2D eigenvalue weighted by Gasteiger charge is 2.35. The van der Waals surface area contributed by atoms with Crippen LogP contribution in [0.25, 0.3) is 0 Å². The van der Waals surface area contributed by atoms with Gasteiger partial charge < -0.3 is 9.84 Å². The Morgan fingerprint density at radius 3 is 1.61 bits per heavy atom. The number of rotatable bonds is 21. The molecule has 4 heteroatoms. The summed E-state index contributed by atoms with van der Waals surface area (Å²) in [5, 5.41) is 9.41. The highest BCUT2D eigenvalue weighted by atomic mass is 16.5. The molecule has 0 saturated heterocycles. The minimum atomic E-state index is -0.893. The first-order chi connectivity index (χ1) is 16.1. The van der Waals surface area contributed by atoms with E-state index in [1.54, 1.807) is 0 Å². The third-order valence-corrected chi connectivity index (χ3v) is 7.08. The standard InChI is InChI=1S/C29H52O4/c1-3-5-6-7-8-9-10-11-12-13-14-15-16-17-18-22-25(21-4-2)33-29(32)27-24-20-19-23-26(27)28(30)31/h19-20,25-27H,3-18,21-24H2,1-2H3,(H,30,31). The van der Waals surface area contributed by atoms with Crippen LogP contribution >= 0.6 is 0 Å². The van der Waals surface area contributed by atoms with Crippen LogP contribution in [-0.4, -0.2) is 23.1 Å². The molecule has 0 aromatic carbocycles. The summed E-state index contributed by atoms with van der Waals surface area (Å²) in [6.07, 6.45) is 27.5. The molecule has 0 aliphatic heterocycles. The number of esters is 1. The number of unbranched alkanes of at least 4 members (excludes halogenated alkanes) is 14. The highest BCUT2D eigenvalue weighted by molar-refractivity contribution is 5.81. The summed E-state index contributed by atoms with van der Waals surface area (Å²) in [6, 6.07) is 0. The van der Waals surface area contributed by atoms with E-state index in [0.717, 1.165) is 25.7 Å². The first-order valence-electron chi connectivity index (χ1n) is 14.2. The second-order valence-electron chi connectivity index (χ2n) is 10.1. The summed E-state index contributed by atoms with van der Waals surface area (Å²) in [7, 11) is 0. The maximum absolute atomic E-state index is 12.6. The molecule has 0 heterocycles. The van der Waals surface area contributed by atoms with Gasteiger partial charge in [0, 0.05) is 0 Å². The molecule has 1 rings (SSSR count). The molecule has 3 unspecified atom stereocenters. The number of carbonyl (C=O) groups excluding carboxylic acids is 1. The molecular weight excluding hydrogens is 412 g/mol. The molecule has 0 bridgehead atoms. The van der Waals surface area contributed by atoms with Crippen LogP contribution in [0.2, 0.25) is 0 Å². The maximum Gasteiger partial charge on any atom is 0.310 e. The van der Waals surface area contributed by atoms with Crippen LogP contribution < -0.4 is 0 Å². The average Bonchev–Trinajstić information content (AvgIpc) is 2.81. The lowest BCUT2D eigenvalue weighted by atomic mass is 9.83. The predicted octanol–water partition coefficient (Wildman–Crippen LogP) is 8.63. The second-order valence-corrected chi connectivity index (χ2v) is 10.1. The SMILES string of the molecule is CCCCCCCCCCCCCCCCCC(CCC)OC(=O)C1CC=CCC1C(=O)O. The Labute approximate surface area is 203 Å². The van der Waals surface area contributed by atoms with Crippen molar-refractivity contribution in [3.05, 3.63) is 12.2 Å². The third-order valence-electron chi connectivity index (χ3n) is 7.08. The van der Waals surface area contributed by atoms with Crippen molar-refractivity contribution in [3.63, 3.8) is 0 Å². The van der Waals surface area contributed by atoms with Gasteiger partial charge in [-0.25, -0.2) is 0 Å². The minimum absolute atomic E-state index is 0.0650. The topological polar surface area (TPSA) is 63.6 Å². The molecule has 192 valence electrons. The first-order valence-corrected chi connectivity index (χ1v) is 14.2. The number of allylic oxidation sites excluding steroid dienone is 2. The molecule has 0 aromatic rings. The molecule has 1 N–H and O–H groups in total. The van der Waals surface area contributed by atoms with Crippen LogP contribution in [0.15, 0.2) is 12.2 Å². The molecular formula is C29H52O4. The summed E-state index contributed by atoms with van der Waals surface area (Å²) in [5.41, 5.74) is 0. The molecule has 0 amide bonds. The van der Waals surface area contributed by atoms with Gasteiger partial charge in [0.05, 0.1) is 11.8 Å². The molecule has 0 fully saturated rings. The fourth-order valence-electron chi connectivity index (χ4n) is 4.93. The zero-order valence-electron chi connectivity index (χ0n) is 21.7. The van der Waals surface area contributed by atoms with E-state index in [4.69, 9.17) is 4.74 Å². The van der Waals surface area contributed by atoms with E-state index in [-0.39, 0.29) is 12.1 Å². The molecule has 33 heavy (non-hydrogen) atoms. The van der Waals surface area contributed by atoms with Crippen LogP contribution in [0.5, 0.6) is 0 Å². The largest absolute Gasteiger partial charge is 0.481 e. The Morgan fingerprint density at radius 1 is 0.697 bits per heavy atom. The molecule has 0 spiro atoms. The lowest BCUT2D eigenvalue weighted by Crippen LogP contribution is -2.34. The number of ether oxygens (including phenoxy) is 1. The van der Waals surface area contributed by atoms with Crippen LogP contribution in [0.3, 0.4) is 0 Å². The molecule has 1 aliphatic carbocycles. The fourth-order valence-corrected chi connectivity index (χ4v) is 4.93. The van der Waals surface area contributed by atoms with Gasteiger partial charge in [-0.2, -0.15) is 0 Å². The lowest BCUT2D eigenvalue weighted by Gasteiger charge is -2.26. The summed E-state index contributed by atoms with van der Waals surface area (Å²) in [4.78, 5) is 24.1. The van der Waals surface area contributed by atoms with Crippen molar-refractivity contribution in [2.75, 3.05) is 0 Å². The Bertz CT molecular complexity index is 528. The van der Waals surface area contributed by atoms with Gasteiger partial charge in [0.2, 0.25) is 0 Å². The van der Waals surface area contributed by atoms with Gasteiger partial charge in [0.25, 0.3) is 0 Å².